The Morgan fingerprint density at radius 3 is 2.41 bits per heavy atom. The summed E-state index contributed by atoms with van der Waals surface area (Å²) in [5, 5.41) is 0. The van der Waals surface area contributed by atoms with E-state index >= 15 is 0 Å². The lowest BCUT2D eigenvalue weighted by atomic mass is 9.85. The van der Waals surface area contributed by atoms with Crippen LogP contribution in [0.15, 0.2) is 24.3 Å². The van der Waals surface area contributed by atoms with Crippen LogP contribution in [0.5, 0.6) is 0 Å². The first-order chi connectivity index (χ1) is 10.2. The molecule has 1 heterocycles. The SMILES string of the molecule is CC(Cc1cccc(C(C)(C)C)c1)CN1CC(C)OC(C)C1. The van der Waals surface area contributed by atoms with E-state index in [1.165, 1.54) is 11.1 Å². The summed E-state index contributed by atoms with van der Waals surface area (Å²) >= 11 is 0. The van der Waals surface area contributed by atoms with Gasteiger partial charge in [0.15, 0.2) is 0 Å². The number of nitrogens with zero attached hydrogens (tertiary/aromatic N) is 1. The molecule has 2 heteroatoms. The fourth-order valence-corrected chi connectivity index (χ4v) is 3.51. The Bertz CT molecular complexity index is 467. The highest BCUT2D eigenvalue weighted by Gasteiger charge is 2.23. The molecule has 0 aromatic heterocycles. The predicted octanol–water partition coefficient (Wildman–Crippen LogP) is 4.27. The van der Waals surface area contributed by atoms with E-state index < -0.39 is 0 Å². The molecule has 3 unspecified atom stereocenters. The molecule has 2 nitrogen and oxygen atoms in total. The number of hydrogen-bond donors (Lipinski definition) is 0. The van der Waals surface area contributed by atoms with Crippen LogP contribution in [0.4, 0.5) is 0 Å². The lowest BCUT2D eigenvalue weighted by Gasteiger charge is -2.36. The Hall–Kier alpha value is -0.860. The number of rotatable bonds is 4. The van der Waals surface area contributed by atoms with Crippen LogP contribution in [0.1, 0.15) is 52.7 Å². The van der Waals surface area contributed by atoms with E-state index in [1.54, 1.807) is 0 Å². The van der Waals surface area contributed by atoms with Gasteiger partial charge in [-0.15, -0.1) is 0 Å². The molecule has 1 fully saturated rings. The minimum atomic E-state index is 0.230. The Labute approximate surface area is 136 Å². The molecule has 0 aliphatic carbocycles. The van der Waals surface area contributed by atoms with Crippen molar-refractivity contribution in [3.8, 4) is 0 Å². The summed E-state index contributed by atoms with van der Waals surface area (Å²) in [4.78, 5) is 2.57. The van der Waals surface area contributed by atoms with E-state index in [9.17, 15) is 0 Å². The van der Waals surface area contributed by atoms with Crippen molar-refractivity contribution in [2.24, 2.45) is 5.92 Å². The molecule has 1 saturated heterocycles. The highest BCUT2D eigenvalue weighted by molar-refractivity contribution is 5.28. The zero-order valence-electron chi connectivity index (χ0n) is 15.2. The van der Waals surface area contributed by atoms with Crippen molar-refractivity contribution < 1.29 is 4.74 Å². The molecule has 0 amide bonds. The van der Waals surface area contributed by atoms with Crippen LogP contribution in [0.3, 0.4) is 0 Å². The third-order valence-corrected chi connectivity index (χ3v) is 4.44. The summed E-state index contributed by atoms with van der Waals surface area (Å²) in [6, 6.07) is 9.12. The van der Waals surface area contributed by atoms with Gasteiger partial charge in [0.05, 0.1) is 12.2 Å². The molecule has 0 bridgehead atoms. The summed E-state index contributed by atoms with van der Waals surface area (Å²) in [7, 11) is 0. The third-order valence-electron chi connectivity index (χ3n) is 4.44. The zero-order valence-corrected chi connectivity index (χ0v) is 15.2. The Balaban J connectivity index is 1.93. The molecular formula is C20H33NO. The lowest BCUT2D eigenvalue weighted by molar-refractivity contribution is -0.0708. The topological polar surface area (TPSA) is 12.5 Å². The first-order valence-electron chi connectivity index (χ1n) is 8.71. The predicted molar refractivity (Wildman–Crippen MR) is 94.5 cm³/mol. The fraction of sp³-hybridized carbons (Fsp3) is 0.700. The zero-order chi connectivity index (χ0) is 16.3. The average molecular weight is 303 g/mol. The van der Waals surface area contributed by atoms with Gasteiger partial charge in [0.1, 0.15) is 0 Å². The Morgan fingerprint density at radius 2 is 1.82 bits per heavy atom. The van der Waals surface area contributed by atoms with Crippen molar-refractivity contribution in [2.75, 3.05) is 19.6 Å². The van der Waals surface area contributed by atoms with Gasteiger partial charge in [0, 0.05) is 19.6 Å². The second-order valence-electron chi connectivity index (χ2n) is 8.24. The van der Waals surface area contributed by atoms with Crippen LogP contribution in [0.2, 0.25) is 0 Å². The summed E-state index contributed by atoms with van der Waals surface area (Å²) in [6.45, 7) is 16.9. The number of hydrogen-bond acceptors (Lipinski definition) is 2. The van der Waals surface area contributed by atoms with Crippen molar-refractivity contribution in [3.05, 3.63) is 35.4 Å². The molecule has 1 aliphatic rings. The van der Waals surface area contributed by atoms with Gasteiger partial charge in [0.25, 0.3) is 0 Å². The van der Waals surface area contributed by atoms with Crippen LogP contribution < -0.4 is 0 Å². The maximum absolute atomic E-state index is 5.83. The highest BCUT2D eigenvalue weighted by atomic mass is 16.5. The van der Waals surface area contributed by atoms with Crippen LogP contribution in [-0.2, 0) is 16.6 Å². The van der Waals surface area contributed by atoms with Crippen LogP contribution in [-0.4, -0.2) is 36.7 Å². The van der Waals surface area contributed by atoms with Gasteiger partial charge in [-0.05, 0) is 42.7 Å². The minimum absolute atomic E-state index is 0.230. The normalized spacial score (nSPS) is 25.2. The van der Waals surface area contributed by atoms with E-state index in [2.05, 4.69) is 70.7 Å². The van der Waals surface area contributed by atoms with Crippen molar-refractivity contribution in [3.63, 3.8) is 0 Å². The maximum Gasteiger partial charge on any atom is 0.0678 e. The smallest absolute Gasteiger partial charge is 0.0678 e. The molecule has 0 N–H and O–H groups in total. The van der Waals surface area contributed by atoms with Crippen molar-refractivity contribution in [1.82, 2.24) is 4.90 Å². The monoisotopic (exact) mass is 303 g/mol. The van der Waals surface area contributed by atoms with Gasteiger partial charge in [0.2, 0.25) is 0 Å². The first-order valence-corrected chi connectivity index (χ1v) is 8.71. The highest BCUT2D eigenvalue weighted by Crippen LogP contribution is 2.24. The molecule has 124 valence electrons. The minimum Gasteiger partial charge on any atom is -0.373 e. The quantitative estimate of drug-likeness (QED) is 0.823. The van der Waals surface area contributed by atoms with E-state index in [-0.39, 0.29) is 5.41 Å². The molecule has 0 spiro atoms. The number of morpholine rings is 1. The van der Waals surface area contributed by atoms with E-state index in [4.69, 9.17) is 4.74 Å². The van der Waals surface area contributed by atoms with Gasteiger partial charge in [-0.3, -0.25) is 4.90 Å². The summed E-state index contributed by atoms with van der Waals surface area (Å²) in [5.74, 6) is 0.674. The summed E-state index contributed by atoms with van der Waals surface area (Å²) in [5.41, 5.74) is 3.13. The van der Waals surface area contributed by atoms with Crippen molar-refractivity contribution in [1.29, 1.82) is 0 Å². The molecule has 1 aromatic rings. The van der Waals surface area contributed by atoms with Gasteiger partial charge in [-0.1, -0.05) is 52.0 Å². The van der Waals surface area contributed by atoms with Crippen LogP contribution >= 0.6 is 0 Å². The Kier molecular flexibility index (Phi) is 5.68. The lowest BCUT2D eigenvalue weighted by Crippen LogP contribution is -2.47. The van der Waals surface area contributed by atoms with E-state index in [1.807, 2.05) is 0 Å². The molecule has 0 saturated carbocycles. The molecule has 0 radical (unpaired) electrons. The molecule has 1 aromatic carbocycles. The average Bonchev–Trinajstić information content (AvgIpc) is 2.36. The van der Waals surface area contributed by atoms with Crippen molar-refractivity contribution >= 4 is 0 Å². The second kappa shape index (κ2) is 7.14. The maximum atomic E-state index is 5.83. The molecule has 2 rings (SSSR count). The van der Waals surface area contributed by atoms with Gasteiger partial charge >= 0.3 is 0 Å². The van der Waals surface area contributed by atoms with Crippen molar-refractivity contribution in [2.45, 2.75) is 65.6 Å². The van der Waals surface area contributed by atoms with Gasteiger partial charge in [-0.25, -0.2) is 0 Å². The molecule has 3 atom stereocenters. The number of ether oxygens (including phenoxy) is 1. The first kappa shape index (κ1) is 17.5. The van der Waals surface area contributed by atoms with E-state index in [0.717, 1.165) is 26.1 Å². The fourth-order valence-electron chi connectivity index (χ4n) is 3.51. The molecular weight excluding hydrogens is 270 g/mol. The van der Waals surface area contributed by atoms with E-state index in [0.29, 0.717) is 18.1 Å². The van der Waals surface area contributed by atoms with Crippen LogP contribution in [0.25, 0.3) is 0 Å². The standard InChI is InChI=1S/C20H33NO/c1-15(12-21-13-16(2)22-17(3)14-21)10-18-8-7-9-19(11-18)20(4,5)6/h7-9,11,15-17H,10,12-14H2,1-6H3. The van der Waals surface area contributed by atoms with Gasteiger partial charge < -0.3 is 4.74 Å². The van der Waals surface area contributed by atoms with Gasteiger partial charge in [-0.2, -0.15) is 0 Å². The largest absolute Gasteiger partial charge is 0.373 e. The second-order valence-corrected chi connectivity index (χ2v) is 8.24. The summed E-state index contributed by atoms with van der Waals surface area (Å²) in [6.07, 6.45) is 1.88. The molecule has 1 aliphatic heterocycles. The van der Waals surface area contributed by atoms with Crippen LogP contribution in [0, 0.1) is 5.92 Å². The third kappa shape index (κ3) is 5.10. The Morgan fingerprint density at radius 1 is 1.18 bits per heavy atom. The summed E-state index contributed by atoms with van der Waals surface area (Å²) < 4.78 is 5.83. The molecule has 22 heavy (non-hydrogen) atoms. The number of benzene rings is 1.